The summed E-state index contributed by atoms with van der Waals surface area (Å²) < 4.78 is 15.4. The maximum atomic E-state index is 13.8. The molecule has 4 N–H and O–H groups in total. The molecular weight excluding hydrogens is 546 g/mol. The molecule has 8 heteroatoms. The van der Waals surface area contributed by atoms with E-state index in [4.69, 9.17) is 9.47 Å². The number of carbonyl (C=O) groups is 1. The molecule has 2 heterocycles. The van der Waals surface area contributed by atoms with Crippen LogP contribution in [0.1, 0.15) is 68.2 Å². The van der Waals surface area contributed by atoms with E-state index in [9.17, 15) is 25.2 Å². The Morgan fingerprint density at radius 2 is 1.91 bits per heavy atom. The first kappa shape index (κ1) is 29.1. The van der Waals surface area contributed by atoms with Crippen molar-refractivity contribution in [3.05, 3.63) is 82.7 Å². The van der Waals surface area contributed by atoms with Gasteiger partial charge in [0.15, 0.2) is 11.4 Å². The van der Waals surface area contributed by atoms with E-state index in [1.807, 2.05) is 60.3 Å². The third-order valence-electron chi connectivity index (χ3n) is 11.8. The molecule has 4 aliphatic carbocycles. The van der Waals surface area contributed by atoms with Crippen LogP contribution in [0.3, 0.4) is 0 Å². The summed E-state index contributed by atoms with van der Waals surface area (Å²) in [6.07, 6.45) is 8.65. The molecule has 0 bridgehead atoms. The maximum absolute atomic E-state index is 13.8. The van der Waals surface area contributed by atoms with Crippen molar-refractivity contribution < 1.29 is 34.7 Å². The van der Waals surface area contributed by atoms with Crippen LogP contribution in [0, 0.1) is 28.6 Å². The van der Waals surface area contributed by atoms with E-state index >= 15 is 0 Å². The fraction of sp³-hybridized carbons (Fsp3) is 0.571. The van der Waals surface area contributed by atoms with Crippen LogP contribution in [-0.4, -0.2) is 61.3 Å². The topological polar surface area (TPSA) is 121 Å². The number of aryl methyl sites for hydroxylation is 1. The molecule has 1 aromatic heterocycles. The number of ether oxygens (including phenoxy) is 2. The lowest BCUT2D eigenvalue weighted by molar-refractivity contribution is -0.202. The zero-order valence-electron chi connectivity index (χ0n) is 25.1. The standard InChI is InChI=1S/C35H43NO7/c1-33-10-9-24(39)14-23(33)7-8-25-26-15-30-35(29(41)19-38,34(26,2)16-28(40)31(25)33)43-32(42-30)27-13-22(17-36(27)3)12-20-5-4-6-21(11-20)18-37/h4-6,9-11,13-14,17,24-26,28,30-32,37-40H,7-8,12,15-16,18-19H2,1-3H3/t24?,25-,26-,28-,30+,31+,32+,33-,34-,35+/m0/s1. The van der Waals surface area contributed by atoms with Crippen LogP contribution in [0.2, 0.25) is 0 Å². The SMILES string of the molecule is Cn1cc(Cc2cccc(CO)c2)cc1[C@@H]1O[C@@H]2C[C@H]3[C@@H]4CCC5=CC(O)C=C[C@]5(C)[C@H]4[C@@H](O)C[C@]3(C)[C@]2(C(=O)CO)O1. The molecule has 43 heavy (non-hydrogen) atoms. The highest BCUT2D eigenvalue weighted by Crippen LogP contribution is 2.70. The number of nitrogens with zero attached hydrogens (tertiary/aromatic N) is 1. The van der Waals surface area contributed by atoms with Gasteiger partial charge in [-0.3, -0.25) is 4.79 Å². The first-order chi connectivity index (χ1) is 20.5. The van der Waals surface area contributed by atoms with Gasteiger partial charge < -0.3 is 34.5 Å². The summed E-state index contributed by atoms with van der Waals surface area (Å²) in [5, 5.41) is 41.9. The van der Waals surface area contributed by atoms with Gasteiger partial charge in [0.1, 0.15) is 6.61 Å². The quantitative estimate of drug-likeness (QED) is 0.381. The van der Waals surface area contributed by atoms with Gasteiger partial charge in [-0.25, -0.2) is 0 Å². The molecular formula is C35H43NO7. The zero-order valence-corrected chi connectivity index (χ0v) is 25.1. The summed E-state index contributed by atoms with van der Waals surface area (Å²) in [5.41, 5.74) is 2.56. The number of fused-ring (bicyclic) bond motifs is 7. The van der Waals surface area contributed by atoms with Crippen LogP contribution >= 0.6 is 0 Å². The fourth-order valence-electron chi connectivity index (χ4n) is 10.00. The Bertz CT molecular complexity index is 1490. The van der Waals surface area contributed by atoms with Crippen molar-refractivity contribution in [2.24, 2.45) is 35.6 Å². The molecule has 8 nitrogen and oxygen atoms in total. The van der Waals surface area contributed by atoms with Crippen LogP contribution in [0.5, 0.6) is 0 Å². The van der Waals surface area contributed by atoms with Crippen molar-refractivity contribution >= 4 is 5.78 Å². The van der Waals surface area contributed by atoms with Crippen LogP contribution in [0.4, 0.5) is 0 Å². The molecule has 1 unspecified atom stereocenters. The summed E-state index contributed by atoms with van der Waals surface area (Å²) >= 11 is 0. The van der Waals surface area contributed by atoms with Gasteiger partial charge >= 0.3 is 0 Å². The van der Waals surface area contributed by atoms with Crippen molar-refractivity contribution in [1.82, 2.24) is 4.57 Å². The second kappa shape index (κ2) is 10.2. The monoisotopic (exact) mass is 589 g/mol. The van der Waals surface area contributed by atoms with E-state index < -0.39 is 42.2 Å². The third kappa shape index (κ3) is 4.14. The van der Waals surface area contributed by atoms with Crippen molar-refractivity contribution in [2.45, 2.75) is 82.8 Å². The van der Waals surface area contributed by atoms with Crippen LogP contribution in [0.15, 0.2) is 60.3 Å². The molecule has 1 saturated heterocycles. The Morgan fingerprint density at radius 1 is 1.12 bits per heavy atom. The summed E-state index contributed by atoms with van der Waals surface area (Å²) in [6.45, 7) is 3.58. The van der Waals surface area contributed by atoms with Gasteiger partial charge in [0.2, 0.25) is 6.29 Å². The van der Waals surface area contributed by atoms with Gasteiger partial charge in [-0.05, 0) is 66.7 Å². The van der Waals surface area contributed by atoms with Gasteiger partial charge in [-0.1, -0.05) is 61.9 Å². The summed E-state index contributed by atoms with van der Waals surface area (Å²) in [4.78, 5) is 13.8. The number of hydrogen-bond acceptors (Lipinski definition) is 7. The minimum absolute atomic E-state index is 0.00696. The molecule has 5 aliphatic rings. The summed E-state index contributed by atoms with van der Waals surface area (Å²) in [6, 6.07) is 9.91. The van der Waals surface area contributed by atoms with Crippen molar-refractivity contribution in [3.63, 3.8) is 0 Å². The number of allylic oxidation sites excluding steroid dienone is 2. The predicted octanol–water partition coefficient (Wildman–Crippen LogP) is 3.50. The Kier molecular flexibility index (Phi) is 6.93. The van der Waals surface area contributed by atoms with Crippen molar-refractivity contribution in [3.8, 4) is 0 Å². The average Bonchev–Trinajstić information content (AvgIpc) is 3.61. The number of rotatable bonds is 6. The summed E-state index contributed by atoms with van der Waals surface area (Å²) in [7, 11) is 1.94. The minimum atomic E-state index is -1.36. The van der Waals surface area contributed by atoms with Gasteiger partial charge in [-0.15, -0.1) is 0 Å². The van der Waals surface area contributed by atoms with E-state index in [1.54, 1.807) is 0 Å². The molecule has 230 valence electrons. The number of carbonyl (C=O) groups excluding carboxylic acids is 1. The summed E-state index contributed by atoms with van der Waals surface area (Å²) in [5.74, 6) is -0.199. The Balaban J connectivity index is 1.20. The Labute approximate surface area is 252 Å². The zero-order chi connectivity index (χ0) is 30.3. The lowest BCUT2D eigenvalue weighted by Crippen LogP contribution is -2.63. The van der Waals surface area contributed by atoms with E-state index in [0.717, 1.165) is 35.2 Å². The van der Waals surface area contributed by atoms with Crippen LogP contribution in [0.25, 0.3) is 0 Å². The first-order valence-electron chi connectivity index (χ1n) is 15.6. The number of benzene rings is 1. The van der Waals surface area contributed by atoms with E-state index in [-0.39, 0.29) is 35.6 Å². The highest BCUT2D eigenvalue weighted by atomic mass is 16.7. The number of hydrogen-bond donors (Lipinski definition) is 4. The highest BCUT2D eigenvalue weighted by molar-refractivity contribution is 5.91. The lowest BCUT2D eigenvalue weighted by atomic mass is 9.46. The average molecular weight is 590 g/mol. The molecule has 7 rings (SSSR count). The number of aromatic nitrogens is 1. The molecule has 1 aromatic carbocycles. The van der Waals surface area contributed by atoms with Crippen LogP contribution in [-0.2, 0) is 34.3 Å². The highest BCUT2D eigenvalue weighted by Gasteiger charge is 2.76. The fourth-order valence-corrected chi connectivity index (χ4v) is 10.00. The van der Waals surface area contributed by atoms with E-state index in [0.29, 0.717) is 19.3 Å². The number of ketones is 1. The second-order valence-electron chi connectivity index (χ2n) is 14.0. The second-order valence-corrected chi connectivity index (χ2v) is 14.0. The van der Waals surface area contributed by atoms with Crippen molar-refractivity contribution in [1.29, 1.82) is 0 Å². The normalized spacial score (nSPS) is 41.3. The lowest BCUT2D eigenvalue weighted by Gasteiger charge is -2.60. The Hall–Kier alpha value is -2.59. The molecule has 0 spiro atoms. The Morgan fingerprint density at radius 3 is 2.67 bits per heavy atom. The van der Waals surface area contributed by atoms with Gasteiger partial charge in [0.05, 0.1) is 30.6 Å². The smallest absolute Gasteiger partial charge is 0.200 e. The molecule has 1 aliphatic heterocycles. The van der Waals surface area contributed by atoms with Gasteiger partial charge in [-0.2, -0.15) is 0 Å². The van der Waals surface area contributed by atoms with Crippen LogP contribution < -0.4 is 0 Å². The van der Waals surface area contributed by atoms with E-state index in [1.165, 1.54) is 5.57 Å². The number of aliphatic hydroxyl groups is 4. The predicted molar refractivity (Wildman–Crippen MR) is 158 cm³/mol. The van der Waals surface area contributed by atoms with Gasteiger partial charge in [0.25, 0.3) is 0 Å². The van der Waals surface area contributed by atoms with Gasteiger partial charge in [0, 0.05) is 30.0 Å². The van der Waals surface area contributed by atoms with Crippen molar-refractivity contribution in [2.75, 3.05) is 6.61 Å². The largest absolute Gasteiger partial charge is 0.393 e. The van der Waals surface area contributed by atoms with E-state index in [2.05, 4.69) is 19.9 Å². The molecule has 10 atom stereocenters. The molecule has 4 fully saturated rings. The molecule has 0 radical (unpaired) electrons. The first-order valence-corrected chi connectivity index (χ1v) is 15.6. The molecule has 0 amide bonds. The number of Topliss-reactive ketones (excluding diaryl/α,β-unsaturated/α-hetero) is 1. The molecule has 2 aromatic rings. The third-order valence-corrected chi connectivity index (χ3v) is 11.8. The maximum Gasteiger partial charge on any atom is 0.200 e. The number of aliphatic hydroxyl groups excluding tert-OH is 4. The minimum Gasteiger partial charge on any atom is -0.393 e. The molecule has 3 saturated carbocycles.